The molecule has 0 aliphatic heterocycles. The van der Waals surface area contributed by atoms with Crippen molar-refractivity contribution in [2.24, 2.45) is 0 Å². The van der Waals surface area contributed by atoms with Gasteiger partial charge in [0.2, 0.25) is 0 Å². The molecule has 0 saturated heterocycles. The molecule has 0 radical (unpaired) electrons. The molecule has 20 heavy (non-hydrogen) atoms. The second kappa shape index (κ2) is 6.19. The molecule has 2 rings (SSSR count). The summed E-state index contributed by atoms with van der Waals surface area (Å²) in [7, 11) is 0. The summed E-state index contributed by atoms with van der Waals surface area (Å²) in [5, 5.41) is 9.76. The highest BCUT2D eigenvalue weighted by Gasteiger charge is 2.11. The first-order valence-corrected chi connectivity index (χ1v) is 6.92. The van der Waals surface area contributed by atoms with Crippen molar-refractivity contribution < 1.29 is 9.90 Å². The van der Waals surface area contributed by atoms with E-state index >= 15 is 0 Å². The Bertz CT molecular complexity index is 665. The van der Waals surface area contributed by atoms with Gasteiger partial charge in [-0.25, -0.2) is 4.98 Å². The minimum absolute atomic E-state index is 0.132. The number of aromatic nitrogens is 1. The third kappa shape index (κ3) is 3.36. The Morgan fingerprint density at radius 1 is 1.10 bits per heavy atom. The zero-order valence-electron chi connectivity index (χ0n) is 9.83. The lowest BCUT2D eigenvalue weighted by Crippen LogP contribution is -2.02. The first-order chi connectivity index (χ1) is 9.38. The molecule has 1 N–H and O–H groups in total. The molecule has 0 aliphatic rings. The average Bonchev–Trinajstić information content (AvgIpc) is 2.37. The lowest BCUT2D eigenvalue weighted by molar-refractivity contribution is -0.136. The molecule has 0 unspecified atom stereocenters. The summed E-state index contributed by atoms with van der Waals surface area (Å²) in [6.07, 6.45) is -0.186. The number of carboxylic acids is 1. The van der Waals surface area contributed by atoms with Crippen LogP contribution in [0.5, 0.6) is 0 Å². The Balaban J connectivity index is 2.44. The zero-order chi connectivity index (χ0) is 14.9. The van der Waals surface area contributed by atoms with Crippen LogP contribution in [-0.2, 0) is 11.2 Å². The molecule has 1 aromatic carbocycles. The summed E-state index contributed by atoms with van der Waals surface area (Å²) in [5.74, 6) is -0.973. The Morgan fingerprint density at radius 3 is 2.20 bits per heavy atom. The number of carbonyl (C=O) groups is 1. The molecule has 0 atom stereocenters. The Hall–Kier alpha value is -1.000. The number of carboxylic acid groups (broad SMARTS) is 1. The molecule has 0 fully saturated rings. The number of aliphatic carboxylic acids is 1. The van der Waals surface area contributed by atoms with Gasteiger partial charge in [0.05, 0.1) is 27.2 Å². The van der Waals surface area contributed by atoms with E-state index in [9.17, 15) is 4.79 Å². The van der Waals surface area contributed by atoms with Gasteiger partial charge in [-0.1, -0.05) is 52.5 Å². The third-order valence-corrected chi connectivity index (χ3v) is 4.07. The number of rotatable bonds is 3. The van der Waals surface area contributed by atoms with Crippen LogP contribution >= 0.6 is 46.4 Å². The highest BCUT2D eigenvalue weighted by atomic mass is 35.5. The Kier molecular flexibility index (Phi) is 4.76. The lowest BCUT2D eigenvalue weighted by atomic mass is 10.1. The number of pyridine rings is 1. The first-order valence-electron chi connectivity index (χ1n) is 5.40. The molecule has 0 spiro atoms. The van der Waals surface area contributed by atoms with E-state index < -0.39 is 5.97 Å². The fraction of sp³-hybridized carbons (Fsp3) is 0.0769. The molecule has 0 saturated carbocycles. The number of benzene rings is 1. The van der Waals surface area contributed by atoms with Crippen LogP contribution in [-0.4, -0.2) is 16.1 Å². The van der Waals surface area contributed by atoms with Crippen LogP contribution in [0.25, 0.3) is 11.3 Å². The van der Waals surface area contributed by atoms with Crippen molar-refractivity contribution in [3.05, 3.63) is 50.0 Å². The topological polar surface area (TPSA) is 50.2 Å². The van der Waals surface area contributed by atoms with Crippen LogP contribution in [0.3, 0.4) is 0 Å². The molecule has 2 aromatic rings. The van der Waals surface area contributed by atoms with Crippen molar-refractivity contribution in [3.63, 3.8) is 0 Å². The fourth-order valence-electron chi connectivity index (χ4n) is 1.62. The lowest BCUT2D eigenvalue weighted by Gasteiger charge is -2.07. The van der Waals surface area contributed by atoms with E-state index in [1.165, 1.54) is 0 Å². The molecule has 1 heterocycles. The molecule has 3 nitrogen and oxygen atoms in total. The van der Waals surface area contributed by atoms with Crippen molar-refractivity contribution in [3.8, 4) is 11.3 Å². The first kappa shape index (κ1) is 15.4. The number of halogens is 4. The Labute approximate surface area is 135 Å². The maximum Gasteiger partial charge on any atom is 0.307 e. The van der Waals surface area contributed by atoms with Gasteiger partial charge in [-0.05, 0) is 18.2 Å². The van der Waals surface area contributed by atoms with Crippen molar-refractivity contribution in [2.45, 2.75) is 6.42 Å². The van der Waals surface area contributed by atoms with Crippen LogP contribution < -0.4 is 0 Å². The van der Waals surface area contributed by atoms with Crippen molar-refractivity contribution in [1.29, 1.82) is 0 Å². The number of hydrogen-bond acceptors (Lipinski definition) is 2. The molecular weight excluding hydrogens is 344 g/mol. The second-order valence-electron chi connectivity index (χ2n) is 3.97. The second-order valence-corrected chi connectivity index (χ2v) is 5.52. The van der Waals surface area contributed by atoms with Crippen LogP contribution in [0.15, 0.2) is 24.3 Å². The average molecular weight is 351 g/mol. The largest absolute Gasteiger partial charge is 0.481 e. The van der Waals surface area contributed by atoms with Crippen molar-refractivity contribution >= 4 is 52.4 Å². The Morgan fingerprint density at radius 2 is 1.70 bits per heavy atom. The SMILES string of the molecule is O=C(O)Cc1ccc(-c2cc(Cl)c(Cl)c(Cl)c2)nc1Cl. The van der Waals surface area contributed by atoms with Gasteiger partial charge < -0.3 is 5.11 Å². The van der Waals surface area contributed by atoms with Crippen LogP contribution in [0.2, 0.25) is 20.2 Å². The van der Waals surface area contributed by atoms with Crippen molar-refractivity contribution in [2.75, 3.05) is 0 Å². The molecule has 7 heteroatoms. The molecule has 0 bridgehead atoms. The monoisotopic (exact) mass is 349 g/mol. The zero-order valence-corrected chi connectivity index (χ0v) is 12.9. The van der Waals surface area contributed by atoms with Gasteiger partial charge in [0.15, 0.2) is 0 Å². The predicted octanol–water partition coefficient (Wildman–Crippen LogP) is 4.99. The number of hydrogen-bond donors (Lipinski definition) is 1. The van der Waals surface area contributed by atoms with Gasteiger partial charge in [0, 0.05) is 11.1 Å². The summed E-state index contributed by atoms with van der Waals surface area (Å²) in [4.78, 5) is 14.8. The molecule has 1 aromatic heterocycles. The quantitative estimate of drug-likeness (QED) is 0.626. The predicted molar refractivity (Wildman–Crippen MR) is 81.1 cm³/mol. The van der Waals surface area contributed by atoms with Gasteiger partial charge >= 0.3 is 5.97 Å². The van der Waals surface area contributed by atoms with E-state index in [-0.39, 0.29) is 16.6 Å². The van der Waals surface area contributed by atoms with Crippen LogP contribution in [0.4, 0.5) is 0 Å². The van der Waals surface area contributed by atoms with Crippen molar-refractivity contribution in [1.82, 2.24) is 4.98 Å². The van der Waals surface area contributed by atoms with Gasteiger partial charge in [-0.2, -0.15) is 0 Å². The molecule has 104 valence electrons. The molecule has 0 aliphatic carbocycles. The van der Waals surface area contributed by atoms with Gasteiger partial charge in [0.1, 0.15) is 5.15 Å². The van der Waals surface area contributed by atoms with E-state index in [1.807, 2.05) is 0 Å². The van der Waals surface area contributed by atoms with Crippen LogP contribution in [0.1, 0.15) is 5.56 Å². The molecule has 0 amide bonds. The van der Waals surface area contributed by atoms with E-state index in [1.54, 1.807) is 24.3 Å². The summed E-state index contributed by atoms with van der Waals surface area (Å²) in [6.45, 7) is 0. The maximum absolute atomic E-state index is 10.7. The van der Waals surface area contributed by atoms with Gasteiger partial charge in [-0.3, -0.25) is 4.79 Å². The standard InChI is InChI=1S/C13H7Cl4NO2/c14-8-3-7(4-9(15)12(8)16)10-2-1-6(5-11(19)20)13(17)18-10/h1-4H,5H2,(H,19,20). The highest BCUT2D eigenvalue weighted by Crippen LogP contribution is 2.35. The summed E-state index contributed by atoms with van der Waals surface area (Å²) < 4.78 is 0. The van der Waals surface area contributed by atoms with Gasteiger partial charge in [0.25, 0.3) is 0 Å². The van der Waals surface area contributed by atoms with E-state index in [0.717, 1.165) is 0 Å². The van der Waals surface area contributed by atoms with Gasteiger partial charge in [-0.15, -0.1) is 0 Å². The van der Waals surface area contributed by atoms with E-state index in [0.29, 0.717) is 26.9 Å². The summed E-state index contributed by atoms with van der Waals surface area (Å²) in [5.41, 5.74) is 1.62. The van der Waals surface area contributed by atoms with E-state index in [4.69, 9.17) is 51.5 Å². The van der Waals surface area contributed by atoms with E-state index in [2.05, 4.69) is 4.98 Å². The molecular formula is C13H7Cl4NO2. The highest BCUT2D eigenvalue weighted by molar-refractivity contribution is 6.48. The minimum atomic E-state index is -0.973. The summed E-state index contributed by atoms with van der Waals surface area (Å²) >= 11 is 23.8. The smallest absolute Gasteiger partial charge is 0.307 e. The number of nitrogens with zero attached hydrogens (tertiary/aromatic N) is 1. The normalized spacial score (nSPS) is 10.6. The van der Waals surface area contributed by atoms with Crippen LogP contribution in [0, 0.1) is 0 Å². The summed E-state index contributed by atoms with van der Waals surface area (Å²) in [6, 6.07) is 6.49. The minimum Gasteiger partial charge on any atom is -0.481 e. The fourth-order valence-corrected chi connectivity index (χ4v) is 2.44. The third-order valence-electron chi connectivity index (χ3n) is 2.55. The maximum atomic E-state index is 10.7.